The van der Waals surface area contributed by atoms with Gasteiger partial charge < -0.3 is 15.7 Å². The van der Waals surface area contributed by atoms with Crippen molar-refractivity contribution in [1.29, 1.82) is 0 Å². The van der Waals surface area contributed by atoms with Crippen LogP contribution >= 0.6 is 0 Å². The van der Waals surface area contributed by atoms with E-state index in [1.54, 1.807) is 0 Å². The third-order valence-corrected chi connectivity index (χ3v) is 5.19. The SMILES string of the molecule is CCC1CCC(O)(CNC(C)CC2CCCN2)CC1. The van der Waals surface area contributed by atoms with Crippen LogP contribution in [0.15, 0.2) is 0 Å². The highest BCUT2D eigenvalue weighted by molar-refractivity contribution is 4.88. The summed E-state index contributed by atoms with van der Waals surface area (Å²) in [5.74, 6) is 0.848. The van der Waals surface area contributed by atoms with Crippen molar-refractivity contribution < 1.29 is 5.11 Å². The molecule has 0 spiro atoms. The number of rotatable bonds is 6. The van der Waals surface area contributed by atoms with E-state index < -0.39 is 5.60 Å². The third kappa shape index (κ3) is 4.73. The average Bonchev–Trinajstić information content (AvgIpc) is 2.90. The van der Waals surface area contributed by atoms with Crippen molar-refractivity contribution in [1.82, 2.24) is 10.6 Å². The lowest BCUT2D eigenvalue weighted by Crippen LogP contribution is -2.47. The molecule has 112 valence electrons. The van der Waals surface area contributed by atoms with Crippen LogP contribution in [-0.2, 0) is 0 Å². The van der Waals surface area contributed by atoms with Crippen LogP contribution in [0.25, 0.3) is 0 Å². The van der Waals surface area contributed by atoms with Gasteiger partial charge in [-0.3, -0.25) is 0 Å². The molecule has 0 bridgehead atoms. The van der Waals surface area contributed by atoms with Gasteiger partial charge in [0.25, 0.3) is 0 Å². The lowest BCUT2D eigenvalue weighted by atomic mass is 9.77. The lowest BCUT2D eigenvalue weighted by molar-refractivity contribution is -0.0106. The van der Waals surface area contributed by atoms with Crippen LogP contribution in [0.2, 0.25) is 0 Å². The van der Waals surface area contributed by atoms with E-state index in [9.17, 15) is 5.11 Å². The second-order valence-electron chi connectivity index (χ2n) is 6.89. The summed E-state index contributed by atoms with van der Waals surface area (Å²) in [4.78, 5) is 0. The fourth-order valence-electron chi connectivity index (χ4n) is 3.63. The van der Waals surface area contributed by atoms with Gasteiger partial charge in [0.05, 0.1) is 5.60 Å². The molecule has 2 unspecified atom stereocenters. The summed E-state index contributed by atoms with van der Waals surface area (Å²) in [5.41, 5.74) is -0.441. The van der Waals surface area contributed by atoms with E-state index in [-0.39, 0.29) is 0 Å². The largest absolute Gasteiger partial charge is 0.389 e. The molecule has 1 aliphatic carbocycles. The van der Waals surface area contributed by atoms with Crippen molar-refractivity contribution in [3.8, 4) is 0 Å². The van der Waals surface area contributed by atoms with Crippen LogP contribution in [0.1, 0.15) is 65.2 Å². The van der Waals surface area contributed by atoms with Crippen LogP contribution in [0.4, 0.5) is 0 Å². The van der Waals surface area contributed by atoms with E-state index >= 15 is 0 Å². The van der Waals surface area contributed by atoms with Crippen LogP contribution in [0, 0.1) is 5.92 Å². The second-order valence-corrected chi connectivity index (χ2v) is 6.89. The summed E-state index contributed by atoms with van der Waals surface area (Å²) in [5, 5.41) is 17.7. The number of hydrogen-bond donors (Lipinski definition) is 3. The Bertz CT molecular complexity index is 255. The van der Waals surface area contributed by atoms with Gasteiger partial charge in [-0.15, -0.1) is 0 Å². The van der Waals surface area contributed by atoms with E-state index in [2.05, 4.69) is 24.5 Å². The Labute approximate surface area is 118 Å². The molecule has 2 fully saturated rings. The average molecular weight is 268 g/mol. The monoisotopic (exact) mass is 268 g/mol. The maximum atomic E-state index is 10.6. The quantitative estimate of drug-likeness (QED) is 0.693. The highest BCUT2D eigenvalue weighted by atomic mass is 16.3. The van der Waals surface area contributed by atoms with Crippen molar-refractivity contribution in [2.24, 2.45) is 5.92 Å². The summed E-state index contributed by atoms with van der Waals surface area (Å²) < 4.78 is 0. The van der Waals surface area contributed by atoms with E-state index in [1.165, 1.54) is 45.1 Å². The van der Waals surface area contributed by atoms with E-state index in [4.69, 9.17) is 0 Å². The summed E-state index contributed by atoms with van der Waals surface area (Å²) in [7, 11) is 0. The molecule has 0 radical (unpaired) electrons. The van der Waals surface area contributed by atoms with Gasteiger partial charge in [-0.1, -0.05) is 13.3 Å². The fraction of sp³-hybridized carbons (Fsp3) is 1.00. The Morgan fingerprint density at radius 3 is 2.63 bits per heavy atom. The molecular formula is C16H32N2O. The predicted molar refractivity (Wildman–Crippen MR) is 80.3 cm³/mol. The van der Waals surface area contributed by atoms with Crippen LogP contribution in [0.5, 0.6) is 0 Å². The summed E-state index contributed by atoms with van der Waals surface area (Å²) in [6.07, 6.45) is 9.45. The van der Waals surface area contributed by atoms with Crippen molar-refractivity contribution >= 4 is 0 Å². The molecule has 0 aromatic carbocycles. The van der Waals surface area contributed by atoms with Crippen LogP contribution in [-0.4, -0.2) is 35.9 Å². The lowest BCUT2D eigenvalue weighted by Gasteiger charge is -2.37. The minimum atomic E-state index is -0.441. The molecular weight excluding hydrogens is 236 g/mol. The van der Waals surface area contributed by atoms with Crippen LogP contribution < -0.4 is 10.6 Å². The van der Waals surface area contributed by atoms with Gasteiger partial charge in [0, 0.05) is 18.6 Å². The first kappa shape index (κ1) is 15.3. The van der Waals surface area contributed by atoms with Gasteiger partial charge in [0.15, 0.2) is 0 Å². The summed E-state index contributed by atoms with van der Waals surface area (Å²) in [6, 6.07) is 1.19. The molecule has 2 aliphatic rings. The number of hydrogen-bond acceptors (Lipinski definition) is 3. The minimum Gasteiger partial charge on any atom is -0.389 e. The van der Waals surface area contributed by atoms with Crippen LogP contribution in [0.3, 0.4) is 0 Å². The van der Waals surface area contributed by atoms with E-state index in [1.807, 2.05) is 0 Å². The minimum absolute atomic E-state index is 0.441. The van der Waals surface area contributed by atoms with Gasteiger partial charge in [-0.2, -0.15) is 0 Å². The maximum Gasteiger partial charge on any atom is 0.0771 e. The van der Waals surface area contributed by atoms with Gasteiger partial charge in [-0.25, -0.2) is 0 Å². The highest BCUT2D eigenvalue weighted by Gasteiger charge is 2.32. The Morgan fingerprint density at radius 1 is 1.32 bits per heavy atom. The van der Waals surface area contributed by atoms with Gasteiger partial charge in [0.2, 0.25) is 0 Å². The molecule has 3 nitrogen and oxygen atoms in total. The molecule has 0 amide bonds. The summed E-state index contributed by atoms with van der Waals surface area (Å²) in [6.45, 7) is 6.47. The second kappa shape index (κ2) is 7.05. The molecule has 1 saturated carbocycles. The molecule has 0 aromatic rings. The summed E-state index contributed by atoms with van der Waals surface area (Å²) >= 11 is 0. The normalized spacial score (nSPS) is 37.4. The molecule has 2 atom stereocenters. The smallest absolute Gasteiger partial charge is 0.0771 e. The predicted octanol–water partition coefficient (Wildman–Crippen LogP) is 2.44. The molecule has 3 heteroatoms. The standard InChI is InChI=1S/C16H32N2O/c1-3-14-6-8-16(19,9-7-14)12-18-13(2)11-15-5-4-10-17-15/h13-15,17-19H,3-12H2,1-2H3. The first-order valence-electron chi connectivity index (χ1n) is 8.30. The molecule has 1 aliphatic heterocycles. The first-order valence-corrected chi connectivity index (χ1v) is 8.30. The molecule has 0 aromatic heterocycles. The third-order valence-electron chi connectivity index (χ3n) is 5.19. The molecule has 3 N–H and O–H groups in total. The van der Waals surface area contributed by atoms with Gasteiger partial charge >= 0.3 is 0 Å². The van der Waals surface area contributed by atoms with Crippen molar-refractivity contribution in [3.63, 3.8) is 0 Å². The van der Waals surface area contributed by atoms with Crippen molar-refractivity contribution in [2.45, 2.75) is 82.9 Å². The van der Waals surface area contributed by atoms with Crippen molar-refractivity contribution in [2.75, 3.05) is 13.1 Å². The van der Waals surface area contributed by atoms with E-state index in [0.29, 0.717) is 12.1 Å². The van der Waals surface area contributed by atoms with E-state index in [0.717, 1.165) is 25.3 Å². The zero-order valence-corrected chi connectivity index (χ0v) is 12.8. The maximum absolute atomic E-state index is 10.6. The first-order chi connectivity index (χ1) is 9.11. The zero-order valence-electron chi connectivity index (χ0n) is 12.8. The molecule has 19 heavy (non-hydrogen) atoms. The fourth-order valence-corrected chi connectivity index (χ4v) is 3.63. The van der Waals surface area contributed by atoms with Gasteiger partial charge in [0.1, 0.15) is 0 Å². The highest BCUT2D eigenvalue weighted by Crippen LogP contribution is 2.33. The molecule has 1 heterocycles. The zero-order chi connectivity index (χ0) is 13.7. The number of nitrogens with one attached hydrogen (secondary N) is 2. The Kier molecular flexibility index (Phi) is 5.67. The molecule has 2 rings (SSSR count). The Balaban J connectivity index is 1.66. The van der Waals surface area contributed by atoms with Crippen molar-refractivity contribution in [3.05, 3.63) is 0 Å². The Morgan fingerprint density at radius 2 is 2.05 bits per heavy atom. The molecule has 1 saturated heterocycles. The Hall–Kier alpha value is -0.120. The van der Waals surface area contributed by atoms with Gasteiger partial charge in [-0.05, 0) is 64.3 Å². The topological polar surface area (TPSA) is 44.3 Å². The number of aliphatic hydroxyl groups is 1.